The molecule has 0 aliphatic heterocycles. The minimum Gasteiger partial charge on any atom is -0.489 e. The lowest BCUT2D eigenvalue weighted by atomic mass is 10.2. The molecule has 2 aromatic rings. The summed E-state index contributed by atoms with van der Waals surface area (Å²) in [5, 5.41) is 1.79. The van der Waals surface area contributed by atoms with Crippen LogP contribution in [0.4, 0.5) is 0 Å². The van der Waals surface area contributed by atoms with Crippen LogP contribution in [-0.2, 0) is 0 Å². The highest BCUT2D eigenvalue weighted by atomic mass is 32.1. The zero-order valence-corrected chi connectivity index (χ0v) is 12.0. The predicted octanol–water partition coefficient (Wildman–Crippen LogP) is 2.39. The quantitative estimate of drug-likeness (QED) is 0.658. The van der Waals surface area contributed by atoms with Crippen molar-refractivity contribution in [1.82, 2.24) is 10.9 Å². The number of benzene rings is 1. The van der Waals surface area contributed by atoms with Crippen LogP contribution in [0.25, 0.3) is 0 Å². The van der Waals surface area contributed by atoms with Crippen molar-refractivity contribution in [3.8, 4) is 5.75 Å². The van der Waals surface area contributed by atoms with E-state index >= 15 is 0 Å². The molecule has 21 heavy (non-hydrogen) atoms. The zero-order valence-electron chi connectivity index (χ0n) is 11.2. The Hall–Kier alpha value is -2.60. The van der Waals surface area contributed by atoms with E-state index in [1.807, 2.05) is 0 Å². The minimum absolute atomic E-state index is 0.297. The number of carbonyl (C=O) groups is 2. The second-order valence-electron chi connectivity index (χ2n) is 3.98. The first-order valence-electron chi connectivity index (χ1n) is 6.19. The molecule has 6 heteroatoms. The van der Waals surface area contributed by atoms with Crippen molar-refractivity contribution in [2.75, 3.05) is 6.61 Å². The molecule has 1 aromatic carbocycles. The molecular formula is C15H14N2O3S. The largest absolute Gasteiger partial charge is 0.489 e. The Balaban J connectivity index is 2.00. The van der Waals surface area contributed by atoms with Gasteiger partial charge in [0.1, 0.15) is 12.4 Å². The van der Waals surface area contributed by atoms with Gasteiger partial charge in [-0.2, -0.15) is 0 Å². The minimum atomic E-state index is -0.445. The number of rotatable bonds is 5. The highest BCUT2D eigenvalue weighted by molar-refractivity contribution is 7.12. The molecule has 0 fully saturated rings. The lowest BCUT2D eigenvalue weighted by Gasteiger charge is -2.10. The van der Waals surface area contributed by atoms with Crippen LogP contribution >= 0.6 is 11.3 Å². The highest BCUT2D eigenvalue weighted by Crippen LogP contribution is 2.17. The Kier molecular flexibility index (Phi) is 5.11. The number of amides is 2. The highest BCUT2D eigenvalue weighted by Gasteiger charge is 2.13. The predicted molar refractivity (Wildman–Crippen MR) is 81.4 cm³/mol. The number of hydrogen-bond donors (Lipinski definition) is 2. The maximum atomic E-state index is 12.1. The Morgan fingerprint density at radius 3 is 2.62 bits per heavy atom. The summed E-state index contributed by atoms with van der Waals surface area (Å²) in [6.07, 6.45) is 1.59. The van der Waals surface area contributed by atoms with Gasteiger partial charge in [-0.25, -0.2) is 0 Å². The van der Waals surface area contributed by atoms with Crippen LogP contribution in [0.2, 0.25) is 0 Å². The summed E-state index contributed by atoms with van der Waals surface area (Å²) in [4.78, 5) is 24.3. The van der Waals surface area contributed by atoms with Gasteiger partial charge in [0.2, 0.25) is 0 Å². The Morgan fingerprint density at radius 2 is 1.90 bits per heavy atom. The van der Waals surface area contributed by atoms with Crippen LogP contribution < -0.4 is 15.6 Å². The monoisotopic (exact) mass is 302 g/mol. The number of para-hydroxylation sites is 1. The van der Waals surface area contributed by atoms with Gasteiger partial charge in [-0.05, 0) is 23.6 Å². The molecule has 108 valence electrons. The first-order valence-corrected chi connectivity index (χ1v) is 7.07. The first kappa shape index (κ1) is 14.8. The fourth-order valence-electron chi connectivity index (χ4n) is 1.58. The van der Waals surface area contributed by atoms with Crippen LogP contribution in [0.1, 0.15) is 20.0 Å². The second-order valence-corrected chi connectivity index (χ2v) is 4.93. The molecule has 2 rings (SSSR count). The number of ether oxygens (including phenoxy) is 1. The van der Waals surface area contributed by atoms with Gasteiger partial charge in [0.15, 0.2) is 0 Å². The summed E-state index contributed by atoms with van der Waals surface area (Å²) in [6.45, 7) is 3.85. The molecule has 0 saturated carbocycles. The van der Waals surface area contributed by atoms with Crippen molar-refractivity contribution in [2.45, 2.75) is 0 Å². The van der Waals surface area contributed by atoms with Crippen LogP contribution in [0.15, 0.2) is 54.4 Å². The van der Waals surface area contributed by atoms with E-state index in [0.29, 0.717) is 22.8 Å². The third-order valence-corrected chi connectivity index (χ3v) is 3.39. The van der Waals surface area contributed by atoms with Crippen molar-refractivity contribution in [3.05, 3.63) is 64.9 Å². The lowest BCUT2D eigenvalue weighted by molar-refractivity contribution is 0.0847. The molecule has 0 unspecified atom stereocenters. The summed E-state index contributed by atoms with van der Waals surface area (Å²) in [5.74, 6) is -0.373. The van der Waals surface area contributed by atoms with Crippen molar-refractivity contribution < 1.29 is 14.3 Å². The summed E-state index contributed by atoms with van der Waals surface area (Å²) < 4.78 is 5.40. The Bertz CT molecular complexity index is 638. The normalized spacial score (nSPS) is 9.71. The van der Waals surface area contributed by atoms with E-state index in [1.54, 1.807) is 47.9 Å². The molecule has 0 spiro atoms. The second kappa shape index (κ2) is 7.25. The van der Waals surface area contributed by atoms with Crippen LogP contribution in [0, 0.1) is 0 Å². The molecule has 2 N–H and O–H groups in total. The maximum Gasteiger partial charge on any atom is 0.279 e. The van der Waals surface area contributed by atoms with Gasteiger partial charge in [-0.15, -0.1) is 11.3 Å². The molecule has 2 amide bonds. The third-order valence-electron chi connectivity index (χ3n) is 2.52. The standard InChI is InChI=1S/C15H14N2O3S/c1-2-9-20-12-7-4-3-6-11(12)14(18)16-17-15(19)13-8-5-10-21-13/h2-8,10H,1,9H2,(H,16,18)(H,17,19). The van der Waals surface area contributed by atoms with Crippen LogP contribution in [-0.4, -0.2) is 18.4 Å². The van der Waals surface area contributed by atoms with Crippen LogP contribution in [0.5, 0.6) is 5.75 Å². The average molecular weight is 302 g/mol. The number of carbonyl (C=O) groups excluding carboxylic acids is 2. The van der Waals surface area contributed by atoms with E-state index in [0.717, 1.165) is 0 Å². The number of hydrogen-bond acceptors (Lipinski definition) is 4. The third kappa shape index (κ3) is 3.93. The van der Waals surface area contributed by atoms with E-state index in [4.69, 9.17) is 4.74 Å². The Morgan fingerprint density at radius 1 is 1.14 bits per heavy atom. The Labute approximate surface area is 126 Å². The fraction of sp³-hybridized carbons (Fsp3) is 0.0667. The van der Waals surface area contributed by atoms with Crippen molar-refractivity contribution in [1.29, 1.82) is 0 Å². The van der Waals surface area contributed by atoms with E-state index in [-0.39, 0.29) is 5.91 Å². The SMILES string of the molecule is C=CCOc1ccccc1C(=O)NNC(=O)c1cccs1. The molecule has 0 atom stereocenters. The van der Waals surface area contributed by atoms with Gasteiger partial charge >= 0.3 is 0 Å². The molecule has 1 heterocycles. The summed E-state index contributed by atoms with van der Waals surface area (Å²) in [6, 6.07) is 10.2. The summed E-state index contributed by atoms with van der Waals surface area (Å²) >= 11 is 1.29. The van der Waals surface area contributed by atoms with E-state index in [1.165, 1.54) is 11.3 Å². The average Bonchev–Trinajstić information content (AvgIpc) is 3.05. The molecule has 0 saturated heterocycles. The number of nitrogens with one attached hydrogen (secondary N) is 2. The van der Waals surface area contributed by atoms with Crippen molar-refractivity contribution in [2.24, 2.45) is 0 Å². The van der Waals surface area contributed by atoms with Gasteiger partial charge in [-0.3, -0.25) is 20.4 Å². The van der Waals surface area contributed by atoms with Gasteiger partial charge < -0.3 is 4.74 Å². The molecule has 5 nitrogen and oxygen atoms in total. The van der Waals surface area contributed by atoms with E-state index in [2.05, 4.69) is 17.4 Å². The van der Waals surface area contributed by atoms with Gasteiger partial charge in [0.25, 0.3) is 11.8 Å². The van der Waals surface area contributed by atoms with Crippen molar-refractivity contribution >= 4 is 23.2 Å². The molecular weight excluding hydrogens is 288 g/mol. The summed E-state index contributed by atoms with van der Waals surface area (Å²) in [5.41, 5.74) is 5.07. The van der Waals surface area contributed by atoms with Crippen molar-refractivity contribution in [3.63, 3.8) is 0 Å². The molecule has 0 radical (unpaired) electrons. The number of hydrazine groups is 1. The smallest absolute Gasteiger partial charge is 0.279 e. The van der Waals surface area contributed by atoms with Gasteiger partial charge in [-0.1, -0.05) is 30.9 Å². The molecule has 0 aliphatic rings. The number of thiophene rings is 1. The van der Waals surface area contributed by atoms with Gasteiger partial charge in [0.05, 0.1) is 10.4 Å². The lowest BCUT2D eigenvalue weighted by Crippen LogP contribution is -2.41. The van der Waals surface area contributed by atoms with Gasteiger partial charge in [0, 0.05) is 0 Å². The van der Waals surface area contributed by atoms with Crippen LogP contribution in [0.3, 0.4) is 0 Å². The zero-order chi connectivity index (χ0) is 15.1. The molecule has 0 aliphatic carbocycles. The fourth-order valence-corrected chi connectivity index (χ4v) is 2.20. The van der Waals surface area contributed by atoms with E-state index < -0.39 is 5.91 Å². The first-order chi connectivity index (χ1) is 10.2. The van der Waals surface area contributed by atoms with E-state index in [9.17, 15) is 9.59 Å². The summed E-state index contributed by atoms with van der Waals surface area (Å²) in [7, 11) is 0. The topological polar surface area (TPSA) is 67.4 Å². The molecule has 1 aromatic heterocycles. The molecule has 0 bridgehead atoms. The maximum absolute atomic E-state index is 12.1.